The van der Waals surface area contributed by atoms with E-state index >= 15 is 0 Å². The molecule has 0 spiro atoms. The Morgan fingerprint density at radius 3 is 2.93 bits per heavy atom. The van der Waals surface area contributed by atoms with Crippen molar-refractivity contribution in [2.45, 2.75) is 12.5 Å². The molecule has 0 saturated heterocycles. The summed E-state index contributed by atoms with van der Waals surface area (Å²) in [6, 6.07) is 5.42. The van der Waals surface area contributed by atoms with E-state index in [0.29, 0.717) is 12.2 Å². The van der Waals surface area contributed by atoms with Gasteiger partial charge in [0.25, 0.3) is 0 Å². The number of rotatable bonds is 3. The maximum absolute atomic E-state index is 8.79. The molecule has 1 aromatic rings. The first-order valence-electron chi connectivity index (χ1n) is 4.58. The topological polar surface area (TPSA) is 64.7 Å². The lowest BCUT2D eigenvalue weighted by Gasteiger charge is -2.12. The molecule has 0 aliphatic carbocycles. The first-order chi connectivity index (χ1) is 6.83. The van der Waals surface area contributed by atoms with Crippen LogP contribution in [0.1, 0.15) is 18.0 Å². The Morgan fingerprint density at radius 1 is 1.40 bits per heavy atom. The summed E-state index contributed by atoms with van der Waals surface area (Å²) in [6.07, 6.45) is 0.528. The van der Waals surface area contributed by atoms with E-state index in [4.69, 9.17) is 20.3 Å². The van der Waals surface area contributed by atoms with Gasteiger partial charge in [-0.3, -0.25) is 0 Å². The van der Waals surface area contributed by atoms with Gasteiger partial charge in [-0.05, 0) is 12.5 Å². The largest absolute Gasteiger partial charge is 0.454 e. The SMILES string of the molecule is Cl.N[C@@H](CCO)c1cccc2c1OCO2. The van der Waals surface area contributed by atoms with Gasteiger partial charge in [0.1, 0.15) is 0 Å². The van der Waals surface area contributed by atoms with Crippen molar-refractivity contribution in [3.63, 3.8) is 0 Å². The van der Waals surface area contributed by atoms with Gasteiger partial charge in [0.05, 0.1) is 0 Å². The van der Waals surface area contributed by atoms with Crippen LogP contribution in [-0.2, 0) is 0 Å². The average Bonchev–Trinajstić information content (AvgIpc) is 2.65. The molecule has 0 aromatic heterocycles. The molecule has 0 fully saturated rings. The molecule has 1 aromatic carbocycles. The van der Waals surface area contributed by atoms with Gasteiger partial charge < -0.3 is 20.3 Å². The number of ether oxygens (including phenoxy) is 2. The van der Waals surface area contributed by atoms with Crippen LogP contribution >= 0.6 is 12.4 Å². The minimum atomic E-state index is -0.198. The van der Waals surface area contributed by atoms with E-state index in [9.17, 15) is 0 Å². The maximum atomic E-state index is 8.79. The Kier molecular flexibility index (Phi) is 4.20. The second-order valence-corrected chi connectivity index (χ2v) is 3.20. The summed E-state index contributed by atoms with van der Waals surface area (Å²) in [6.45, 7) is 0.323. The lowest BCUT2D eigenvalue weighted by molar-refractivity contribution is 0.172. The van der Waals surface area contributed by atoms with Gasteiger partial charge in [-0.1, -0.05) is 12.1 Å². The summed E-state index contributed by atoms with van der Waals surface area (Å²) < 4.78 is 10.5. The zero-order valence-electron chi connectivity index (χ0n) is 8.18. The van der Waals surface area contributed by atoms with Gasteiger partial charge in [-0.15, -0.1) is 12.4 Å². The van der Waals surface area contributed by atoms with E-state index in [-0.39, 0.29) is 31.8 Å². The van der Waals surface area contributed by atoms with Crippen molar-refractivity contribution in [1.82, 2.24) is 0 Å². The van der Waals surface area contributed by atoms with E-state index < -0.39 is 0 Å². The summed E-state index contributed by atoms with van der Waals surface area (Å²) in [7, 11) is 0. The molecular formula is C10H14ClNO3. The van der Waals surface area contributed by atoms with Crippen LogP contribution in [-0.4, -0.2) is 18.5 Å². The molecule has 0 saturated carbocycles. The fourth-order valence-electron chi connectivity index (χ4n) is 1.54. The van der Waals surface area contributed by atoms with Crippen molar-refractivity contribution in [3.8, 4) is 11.5 Å². The molecule has 1 heterocycles. The van der Waals surface area contributed by atoms with Crippen LogP contribution in [0.15, 0.2) is 18.2 Å². The summed E-state index contributed by atoms with van der Waals surface area (Å²) in [5, 5.41) is 8.79. The van der Waals surface area contributed by atoms with Crippen molar-refractivity contribution < 1.29 is 14.6 Å². The molecule has 0 unspecified atom stereocenters. The second-order valence-electron chi connectivity index (χ2n) is 3.20. The number of aliphatic hydroxyl groups excluding tert-OH is 1. The highest BCUT2D eigenvalue weighted by Gasteiger charge is 2.20. The Hall–Kier alpha value is -0.970. The molecule has 0 bridgehead atoms. The highest BCUT2D eigenvalue weighted by Crippen LogP contribution is 2.38. The van der Waals surface area contributed by atoms with Gasteiger partial charge in [-0.2, -0.15) is 0 Å². The van der Waals surface area contributed by atoms with Gasteiger partial charge >= 0.3 is 0 Å². The Morgan fingerprint density at radius 2 is 2.20 bits per heavy atom. The molecule has 5 heteroatoms. The van der Waals surface area contributed by atoms with Crippen LogP contribution in [0.2, 0.25) is 0 Å². The fraction of sp³-hybridized carbons (Fsp3) is 0.400. The van der Waals surface area contributed by atoms with E-state index in [1.165, 1.54) is 0 Å². The van der Waals surface area contributed by atoms with Gasteiger partial charge in [0, 0.05) is 18.2 Å². The molecule has 1 atom stereocenters. The zero-order valence-corrected chi connectivity index (χ0v) is 9.00. The third-order valence-electron chi connectivity index (χ3n) is 2.27. The van der Waals surface area contributed by atoms with Crippen LogP contribution in [0, 0.1) is 0 Å². The van der Waals surface area contributed by atoms with Crippen molar-refractivity contribution in [1.29, 1.82) is 0 Å². The van der Waals surface area contributed by atoms with Gasteiger partial charge in [0.15, 0.2) is 11.5 Å². The van der Waals surface area contributed by atoms with Crippen LogP contribution in [0.4, 0.5) is 0 Å². The Balaban J connectivity index is 0.00000112. The highest BCUT2D eigenvalue weighted by atomic mass is 35.5. The third-order valence-corrected chi connectivity index (χ3v) is 2.27. The molecule has 3 N–H and O–H groups in total. The summed E-state index contributed by atoms with van der Waals surface area (Å²) in [4.78, 5) is 0. The predicted octanol–water partition coefficient (Wildman–Crippen LogP) is 1.22. The number of hydrogen-bond donors (Lipinski definition) is 2. The quantitative estimate of drug-likeness (QED) is 0.821. The molecule has 0 radical (unpaired) electrons. The summed E-state index contributed by atoms with van der Waals surface area (Å²) >= 11 is 0. The zero-order chi connectivity index (χ0) is 9.97. The molecule has 4 nitrogen and oxygen atoms in total. The minimum absolute atomic E-state index is 0. The third kappa shape index (κ3) is 2.34. The van der Waals surface area contributed by atoms with E-state index in [1.54, 1.807) is 0 Å². The number of benzene rings is 1. The number of hydrogen-bond acceptors (Lipinski definition) is 4. The van der Waals surface area contributed by atoms with Crippen LogP contribution in [0.25, 0.3) is 0 Å². The second kappa shape index (κ2) is 5.21. The van der Waals surface area contributed by atoms with Crippen LogP contribution in [0.5, 0.6) is 11.5 Å². The first kappa shape index (κ1) is 12.1. The molecule has 15 heavy (non-hydrogen) atoms. The first-order valence-corrected chi connectivity index (χ1v) is 4.58. The average molecular weight is 232 g/mol. The summed E-state index contributed by atoms with van der Waals surface area (Å²) in [5.41, 5.74) is 6.78. The molecule has 84 valence electrons. The number of fused-ring (bicyclic) bond motifs is 1. The number of aliphatic hydroxyl groups is 1. The minimum Gasteiger partial charge on any atom is -0.454 e. The van der Waals surface area contributed by atoms with Gasteiger partial charge in [0.2, 0.25) is 6.79 Å². The van der Waals surface area contributed by atoms with Crippen LogP contribution in [0.3, 0.4) is 0 Å². The lowest BCUT2D eigenvalue weighted by atomic mass is 10.0. The Labute approximate surface area is 94.4 Å². The van der Waals surface area contributed by atoms with Crippen molar-refractivity contribution in [2.75, 3.05) is 13.4 Å². The number of halogens is 1. The van der Waals surface area contributed by atoms with Crippen molar-refractivity contribution in [3.05, 3.63) is 23.8 Å². The molecule has 1 aliphatic heterocycles. The monoisotopic (exact) mass is 231 g/mol. The van der Waals surface area contributed by atoms with E-state index in [0.717, 1.165) is 11.3 Å². The molecule has 1 aliphatic rings. The highest BCUT2D eigenvalue weighted by molar-refractivity contribution is 5.85. The van der Waals surface area contributed by atoms with Gasteiger partial charge in [-0.25, -0.2) is 0 Å². The number of nitrogens with two attached hydrogens (primary N) is 1. The number of para-hydroxylation sites is 1. The summed E-state index contributed by atoms with van der Waals surface area (Å²) in [5.74, 6) is 1.45. The van der Waals surface area contributed by atoms with Crippen molar-refractivity contribution >= 4 is 12.4 Å². The normalized spacial score (nSPS) is 14.5. The maximum Gasteiger partial charge on any atom is 0.231 e. The van der Waals surface area contributed by atoms with E-state index in [1.807, 2.05) is 18.2 Å². The lowest BCUT2D eigenvalue weighted by Crippen LogP contribution is -2.12. The standard InChI is InChI=1S/C10H13NO3.ClH/c11-8(4-5-12)7-2-1-3-9-10(7)14-6-13-9;/h1-3,8,12H,4-6,11H2;1H/t8-;/m0./s1. The smallest absolute Gasteiger partial charge is 0.231 e. The molecule has 2 rings (SSSR count). The van der Waals surface area contributed by atoms with E-state index in [2.05, 4.69) is 0 Å². The predicted molar refractivity (Wildman–Crippen MR) is 58.4 cm³/mol. The Bertz CT molecular complexity index is 332. The molecule has 0 amide bonds. The molecular weight excluding hydrogens is 218 g/mol. The fourth-order valence-corrected chi connectivity index (χ4v) is 1.54. The van der Waals surface area contributed by atoms with Crippen molar-refractivity contribution in [2.24, 2.45) is 5.73 Å². The van der Waals surface area contributed by atoms with Crippen LogP contribution < -0.4 is 15.2 Å².